The third-order valence-electron chi connectivity index (χ3n) is 3.28. The minimum absolute atomic E-state index is 0.147. The summed E-state index contributed by atoms with van der Waals surface area (Å²) in [6.07, 6.45) is 3.31. The normalized spacial score (nSPS) is 11.0. The fourth-order valence-corrected chi connectivity index (χ4v) is 2.26. The van der Waals surface area contributed by atoms with Crippen LogP contribution in [0.25, 0.3) is 23.1 Å². The third kappa shape index (κ3) is 3.30. The third-order valence-corrected chi connectivity index (χ3v) is 3.28. The number of benzene rings is 1. The Morgan fingerprint density at radius 1 is 1.21 bits per heavy atom. The van der Waals surface area contributed by atoms with Crippen LogP contribution in [-0.2, 0) is 4.79 Å². The standard InChI is InChI=1S/C17H13N3O4/c1-11(21)18-15-3-2-4-16-14(15)9-6-12(19-16)5-7-13-8-10-17(24-13)20(22)23/h2-10H,1H3,(H,18,21). The molecule has 7 heteroatoms. The Labute approximate surface area is 136 Å². The maximum atomic E-state index is 11.2. The van der Waals surface area contributed by atoms with E-state index < -0.39 is 4.92 Å². The van der Waals surface area contributed by atoms with Crippen molar-refractivity contribution in [2.24, 2.45) is 0 Å². The molecule has 1 aromatic carbocycles. The highest BCUT2D eigenvalue weighted by atomic mass is 16.6. The van der Waals surface area contributed by atoms with Crippen LogP contribution in [0.5, 0.6) is 0 Å². The zero-order chi connectivity index (χ0) is 17.1. The molecule has 1 N–H and O–H groups in total. The summed E-state index contributed by atoms with van der Waals surface area (Å²) in [4.78, 5) is 25.7. The van der Waals surface area contributed by atoms with Gasteiger partial charge in [-0.1, -0.05) is 6.07 Å². The number of amides is 1. The molecular weight excluding hydrogens is 310 g/mol. The second-order valence-electron chi connectivity index (χ2n) is 5.06. The van der Waals surface area contributed by atoms with Crippen molar-refractivity contribution in [2.45, 2.75) is 6.92 Å². The summed E-state index contributed by atoms with van der Waals surface area (Å²) in [5.41, 5.74) is 2.10. The highest BCUT2D eigenvalue weighted by molar-refractivity contribution is 6.00. The second-order valence-corrected chi connectivity index (χ2v) is 5.06. The summed E-state index contributed by atoms with van der Waals surface area (Å²) < 4.78 is 5.06. The van der Waals surface area contributed by atoms with Gasteiger partial charge in [0.2, 0.25) is 5.91 Å². The maximum absolute atomic E-state index is 11.2. The molecule has 2 heterocycles. The second kappa shape index (κ2) is 6.33. The molecule has 0 atom stereocenters. The van der Waals surface area contributed by atoms with Gasteiger partial charge in [-0.2, -0.15) is 0 Å². The molecule has 0 saturated heterocycles. The number of anilines is 1. The van der Waals surface area contributed by atoms with E-state index in [1.807, 2.05) is 24.3 Å². The summed E-state index contributed by atoms with van der Waals surface area (Å²) in [5.74, 6) is -0.0810. The largest absolute Gasteiger partial charge is 0.433 e. The number of nitrogens with zero attached hydrogens (tertiary/aromatic N) is 2. The molecule has 3 rings (SSSR count). The first-order valence-corrected chi connectivity index (χ1v) is 7.12. The van der Waals surface area contributed by atoms with Crippen molar-refractivity contribution in [1.29, 1.82) is 0 Å². The Kier molecular flexibility index (Phi) is 4.07. The van der Waals surface area contributed by atoms with E-state index >= 15 is 0 Å². The molecule has 0 bridgehead atoms. The lowest BCUT2D eigenvalue weighted by atomic mass is 10.1. The van der Waals surface area contributed by atoms with Crippen molar-refractivity contribution < 1.29 is 14.1 Å². The lowest BCUT2D eigenvalue weighted by Crippen LogP contribution is -2.06. The average Bonchev–Trinajstić information content (AvgIpc) is 3.02. The Hall–Kier alpha value is -3.48. The number of hydrogen-bond acceptors (Lipinski definition) is 5. The number of carbonyl (C=O) groups excluding carboxylic acids is 1. The lowest BCUT2D eigenvalue weighted by Gasteiger charge is -2.06. The first-order valence-electron chi connectivity index (χ1n) is 7.12. The van der Waals surface area contributed by atoms with Crippen LogP contribution >= 0.6 is 0 Å². The van der Waals surface area contributed by atoms with Crippen molar-refractivity contribution in [3.05, 3.63) is 64.0 Å². The molecule has 0 aliphatic heterocycles. The van der Waals surface area contributed by atoms with Gasteiger partial charge in [0.1, 0.15) is 10.7 Å². The van der Waals surface area contributed by atoms with Crippen molar-refractivity contribution in [1.82, 2.24) is 4.98 Å². The van der Waals surface area contributed by atoms with Gasteiger partial charge in [-0.15, -0.1) is 0 Å². The Balaban J connectivity index is 1.89. The zero-order valence-electron chi connectivity index (χ0n) is 12.7. The Bertz CT molecular complexity index is 959. The van der Waals surface area contributed by atoms with E-state index in [2.05, 4.69) is 10.3 Å². The van der Waals surface area contributed by atoms with Gasteiger partial charge in [0, 0.05) is 12.3 Å². The molecule has 3 aromatic rings. The highest BCUT2D eigenvalue weighted by Crippen LogP contribution is 2.23. The number of nitro groups is 1. The molecule has 2 aromatic heterocycles. The van der Waals surface area contributed by atoms with Gasteiger partial charge in [0.05, 0.1) is 23.0 Å². The number of pyridine rings is 1. The number of aromatic nitrogens is 1. The van der Waals surface area contributed by atoms with Crippen LogP contribution in [0.15, 0.2) is 46.9 Å². The topological polar surface area (TPSA) is 98.3 Å². The van der Waals surface area contributed by atoms with E-state index in [-0.39, 0.29) is 11.8 Å². The van der Waals surface area contributed by atoms with Gasteiger partial charge in [0.25, 0.3) is 0 Å². The van der Waals surface area contributed by atoms with E-state index in [0.717, 1.165) is 10.9 Å². The van der Waals surface area contributed by atoms with Crippen LogP contribution in [-0.4, -0.2) is 15.8 Å². The molecule has 0 aliphatic rings. The molecule has 120 valence electrons. The molecule has 0 unspecified atom stereocenters. The van der Waals surface area contributed by atoms with Crippen LogP contribution in [0.3, 0.4) is 0 Å². The molecule has 1 amide bonds. The van der Waals surface area contributed by atoms with Crippen molar-refractivity contribution >= 4 is 40.5 Å². The Morgan fingerprint density at radius 2 is 2.04 bits per heavy atom. The molecule has 0 fully saturated rings. The van der Waals surface area contributed by atoms with E-state index in [1.165, 1.54) is 19.1 Å². The van der Waals surface area contributed by atoms with Crippen LogP contribution in [0.2, 0.25) is 0 Å². The number of carbonyl (C=O) groups is 1. The van der Waals surface area contributed by atoms with E-state index in [0.29, 0.717) is 17.1 Å². The quantitative estimate of drug-likeness (QED) is 0.580. The molecule has 24 heavy (non-hydrogen) atoms. The number of fused-ring (bicyclic) bond motifs is 1. The molecule has 7 nitrogen and oxygen atoms in total. The van der Waals surface area contributed by atoms with E-state index in [1.54, 1.807) is 18.2 Å². The molecule has 0 spiro atoms. The first-order chi connectivity index (χ1) is 11.5. The molecular formula is C17H13N3O4. The van der Waals surface area contributed by atoms with Gasteiger partial charge in [-0.25, -0.2) is 4.98 Å². The minimum Gasteiger partial charge on any atom is -0.401 e. The lowest BCUT2D eigenvalue weighted by molar-refractivity contribution is -0.402. The zero-order valence-corrected chi connectivity index (χ0v) is 12.7. The average molecular weight is 323 g/mol. The fourth-order valence-electron chi connectivity index (χ4n) is 2.26. The monoisotopic (exact) mass is 323 g/mol. The van der Waals surface area contributed by atoms with E-state index in [9.17, 15) is 14.9 Å². The summed E-state index contributed by atoms with van der Waals surface area (Å²) in [7, 11) is 0. The van der Waals surface area contributed by atoms with Crippen LogP contribution in [0.1, 0.15) is 18.4 Å². The summed E-state index contributed by atoms with van der Waals surface area (Å²) in [6, 6.07) is 11.9. The number of rotatable bonds is 4. The van der Waals surface area contributed by atoms with Gasteiger partial charge in [-0.3, -0.25) is 14.9 Å². The summed E-state index contributed by atoms with van der Waals surface area (Å²) in [6.45, 7) is 1.45. The molecule has 0 saturated carbocycles. The van der Waals surface area contributed by atoms with Crippen LogP contribution in [0, 0.1) is 10.1 Å². The summed E-state index contributed by atoms with van der Waals surface area (Å²) in [5, 5.41) is 14.2. The van der Waals surface area contributed by atoms with Crippen molar-refractivity contribution in [3.8, 4) is 0 Å². The number of nitrogens with one attached hydrogen (secondary N) is 1. The number of furan rings is 1. The Morgan fingerprint density at radius 3 is 2.75 bits per heavy atom. The first kappa shape index (κ1) is 15.4. The van der Waals surface area contributed by atoms with Gasteiger partial charge in [-0.05, 0) is 42.5 Å². The number of hydrogen-bond donors (Lipinski definition) is 1. The van der Waals surface area contributed by atoms with Crippen LogP contribution < -0.4 is 5.32 Å². The van der Waals surface area contributed by atoms with Gasteiger partial charge < -0.3 is 9.73 Å². The molecule has 0 radical (unpaired) electrons. The van der Waals surface area contributed by atoms with E-state index in [4.69, 9.17) is 4.42 Å². The predicted molar refractivity (Wildman–Crippen MR) is 90.3 cm³/mol. The minimum atomic E-state index is -0.588. The van der Waals surface area contributed by atoms with Gasteiger partial charge in [0.15, 0.2) is 0 Å². The predicted octanol–water partition coefficient (Wildman–Crippen LogP) is 3.86. The maximum Gasteiger partial charge on any atom is 0.433 e. The van der Waals surface area contributed by atoms with Gasteiger partial charge >= 0.3 is 5.88 Å². The van der Waals surface area contributed by atoms with Crippen LogP contribution in [0.4, 0.5) is 11.6 Å². The highest BCUT2D eigenvalue weighted by Gasteiger charge is 2.10. The van der Waals surface area contributed by atoms with Crippen molar-refractivity contribution in [3.63, 3.8) is 0 Å². The smallest absolute Gasteiger partial charge is 0.401 e. The summed E-state index contributed by atoms with van der Waals surface area (Å²) >= 11 is 0. The molecule has 0 aliphatic carbocycles. The SMILES string of the molecule is CC(=O)Nc1cccc2nc(C=Cc3ccc([N+](=O)[O-])o3)ccc12. The fraction of sp³-hybridized carbons (Fsp3) is 0.0588. The van der Waals surface area contributed by atoms with Crippen molar-refractivity contribution in [2.75, 3.05) is 5.32 Å².